The predicted octanol–water partition coefficient (Wildman–Crippen LogP) is 3.81. The van der Waals surface area contributed by atoms with E-state index in [9.17, 15) is 9.59 Å². The molecule has 0 aliphatic heterocycles. The number of anilines is 1. The fraction of sp³-hybridized carbons (Fsp3) is 0.316. The molecule has 3 heterocycles. The van der Waals surface area contributed by atoms with Crippen LogP contribution in [0.15, 0.2) is 21.0 Å². The first kappa shape index (κ1) is 18.9. The smallest absolute Gasteiger partial charge is 0.291 e. The maximum atomic E-state index is 12.6. The third-order valence-electron chi connectivity index (χ3n) is 4.88. The summed E-state index contributed by atoms with van der Waals surface area (Å²) in [6.45, 7) is 4.30. The minimum atomic E-state index is -0.509. The molecule has 1 aliphatic rings. The van der Waals surface area contributed by atoms with E-state index in [4.69, 9.17) is 10.2 Å². The summed E-state index contributed by atoms with van der Waals surface area (Å²) in [5.74, 6) is -0.111. The van der Waals surface area contributed by atoms with Crippen LogP contribution in [0.25, 0.3) is 0 Å². The van der Waals surface area contributed by atoms with E-state index in [1.54, 1.807) is 12.1 Å². The van der Waals surface area contributed by atoms with Crippen molar-refractivity contribution in [1.29, 1.82) is 0 Å². The van der Waals surface area contributed by atoms with E-state index in [1.807, 2.05) is 18.5 Å². The van der Waals surface area contributed by atoms with Crippen molar-refractivity contribution in [2.75, 3.05) is 5.32 Å². The first-order chi connectivity index (χ1) is 13.3. The summed E-state index contributed by atoms with van der Waals surface area (Å²) in [7, 11) is 0. The van der Waals surface area contributed by atoms with Gasteiger partial charge in [-0.05, 0) is 66.7 Å². The molecule has 0 fully saturated rings. The lowest BCUT2D eigenvalue weighted by Gasteiger charge is -2.05. The number of hydrogen-bond donors (Lipinski definition) is 2. The lowest BCUT2D eigenvalue weighted by molar-refractivity contribution is 0.0995. The van der Waals surface area contributed by atoms with Gasteiger partial charge in [0.15, 0.2) is 5.76 Å². The van der Waals surface area contributed by atoms with Crippen molar-refractivity contribution in [2.24, 2.45) is 5.73 Å². The Hall–Kier alpha value is -2.39. The van der Waals surface area contributed by atoms with Crippen LogP contribution >= 0.6 is 27.3 Å². The number of thiophene rings is 1. The third-order valence-corrected chi connectivity index (χ3v) is 7.23. The number of aryl methyl sites for hydroxylation is 2. The minimum Gasteiger partial charge on any atom is -0.454 e. The number of nitrogens with two attached hydrogens (primary N) is 1. The first-order valence-corrected chi connectivity index (χ1v) is 10.5. The lowest BCUT2D eigenvalue weighted by atomic mass is 10.1. The molecule has 0 saturated heterocycles. The van der Waals surface area contributed by atoms with Crippen molar-refractivity contribution in [2.45, 2.75) is 39.7 Å². The molecule has 0 radical (unpaired) electrons. The number of primary amides is 1. The van der Waals surface area contributed by atoms with Gasteiger partial charge >= 0.3 is 0 Å². The summed E-state index contributed by atoms with van der Waals surface area (Å²) in [5, 5.41) is 7.74. The van der Waals surface area contributed by atoms with Crippen LogP contribution < -0.4 is 11.1 Å². The SMILES string of the molecule is Cc1nn(Cc2ccc(C(=O)Nc3sc4c(c3C(N)=O)CCC4)o2)c(C)c1Br. The monoisotopic (exact) mass is 462 g/mol. The molecule has 9 heteroatoms. The Balaban J connectivity index is 1.53. The summed E-state index contributed by atoms with van der Waals surface area (Å²) in [6, 6.07) is 3.37. The Morgan fingerprint density at radius 3 is 2.82 bits per heavy atom. The van der Waals surface area contributed by atoms with E-state index in [-0.39, 0.29) is 5.76 Å². The molecule has 28 heavy (non-hydrogen) atoms. The third kappa shape index (κ3) is 3.29. The highest BCUT2D eigenvalue weighted by Crippen LogP contribution is 2.39. The number of carbonyl (C=O) groups excluding carboxylic acids is 2. The molecular weight excluding hydrogens is 444 g/mol. The molecule has 4 rings (SSSR count). The Bertz CT molecular complexity index is 1100. The summed E-state index contributed by atoms with van der Waals surface area (Å²) >= 11 is 4.92. The minimum absolute atomic E-state index is 0.180. The number of amides is 2. The van der Waals surface area contributed by atoms with Crippen LogP contribution in [-0.2, 0) is 19.4 Å². The van der Waals surface area contributed by atoms with Gasteiger partial charge in [0.05, 0.1) is 28.0 Å². The van der Waals surface area contributed by atoms with Gasteiger partial charge in [-0.1, -0.05) is 0 Å². The molecule has 7 nitrogen and oxygen atoms in total. The first-order valence-electron chi connectivity index (χ1n) is 8.89. The van der Waals surface area contributed by atoms with E-state index in [0.29, 0.717) is 22.9 Å². The maximum absolute atomic E-state index is 12.6. The normalized spacial score (nSPS) is 13.0. The summed E-state index contributed by atoms with van der Waals surface area (Å²) < 4.78 is 8.48. The number of furan rings is 1. The number of nitrogens with zero attached hydrogens (tertiary/aromatic N) is 2. The molecule has 3 aromatic heterocycles. The van der Waals surface area contributed by atoms with Crippen LogP contribution in [0.3, 0.4) is 0 Å². The predicted molar refractivity (Wildman–Crippen MR) is 110 cm³/mol. The average Bonchev–Trinajstić information content (AvgIpc) is 3.38. The standard InChI is InChI=1S/C19H19BrN4O3S/c1-9-16(20)10(2)24(23-9)8-11-6-7-13(27-11)18(26)22-19-15(17(21)25)12-4-3-5-14(12)28-19/h6-7H,3-5,8H2,1-2H3,(H2,21,25)(H,22,26). The van der Waals surface area contributed by atoms with Crippen LogP contribution in [0, 0.1) is 13.8 Å². The van der Waals surface area contributed by atoms with Gasteiger partial charge in [-0.25, -0.2) is 0 Å². The summed E-state index contributed by atoms with van der Waals surface area (Å²) in [5.41, 5.74) is 8.84. The number of nitrogens with one attached hydrogen (secondary N) is 1. The highest BCUT2D eigenvalue weighted by Gasteiger charge is 2.27. The zero-order chi connectivity index (χ0) is 20.0. The second kappa shape index (κ2) is 7.21. The van der Waals surface area contributed by atoms with Crippen molar-refractivity contribution in [3.63, 3.8) is 0 Å². The van der Waals surface area contributed by atoms with Gasteiger partial charge in [0.25, 0.3) is 11.8 Å². The van der Waals surface area contributed by atoms with Crippen molar-refractivity contribution in [3.8, 4) is 0 Å². The van der Waals surface area contributed by atoms with Crippen molar-refractivity contribution >= 4 is 44.1 Å². The van der Waals surface area contributed by atoms with Crippen LogP contribution in [0.1, 0.15) is 54.9 Å². The van der Waals surface area contributed by atoms with Gasteiger partial charge in [0, 0.05) is 4.88 Å². The molecule has 2 amide bonds. The van der Waals surface area contributed by atoms with Crippen molar-refractivity contribution in [1.82, 2.24) is 9.78 Å². The largest absolute Gasteiger partial charge is 0.454 e. The number of carbonyl (C=O) groups is 2. The second-order valence-corrected chi connectivity index (χ2v) is 8.69. The molecule has 146 valence electrons. The van der Waals surface area contributed by atoms with Crippen LogP contribution in [0.2, 0.25) is 0 Å². The Labute approximate surface area is 174 Å². The number of aromatic nitrogens is 2. The number of halogens is 1. The molecule has 0 aromatic carbocycles. The number of fused-ring (bicyclic) bond motifs is 1. The summed E-state index contributed by atoms with van der Waals surface area (Å²) in [6.07, 6.45) is 2.75. The highest BCUT2D eigenvalue weighted by atomic mass is 79.9. The molecular formula is C19H19BrN4O3S. The van der Waals surface area contributed by atoms with Crippen molar-refractivity contribution in [3.05, 3.63) is 55.5 Å². The van der Waals surface area contributed by atoms with E-state index in [2.05, 4.69) is 26.3 Å². The van der Waals surface area contributed by atoms with E-state index < -0.39 is 11.8 Å². The molecule has 0 bridgehead atoms. The van der Waals surface area contributed by atoms with Gasteiger partial charge in [-0.3, -0.25) is 14.3 Å². The lowest BCUT2D eigenvalue weighted by Crippen LogP contribution is -2.17. The van der Waals surface area contributed by atoms with Gasteiger partial charge in [0.1, 0.15) is 10.8 Å². The van der Waals surface area contributed by atoms with E-state index in [1.165, 1.54) is 11.3 Å². The fourth-order valence-corrected chi connectivity index (χ4v) is 5.05. The molecule has 3 aromatic rings. The molecule has 0 atom stereocenters. The second-order valence-electron chi connectivity index (χ2n) is 6.79. The Morgan fingerprint density at radius 2 is 2.14 bits per heavy atom. The average molecular weight is 463 g/mol. The zero-order valence-corrected chi connectivity index (χ0v) is 17.9. The molecule has 0 saturated carbocycles. The van der Waals surface area contributed by atoms with Crippen LogP contribution in [0.4, 0.5) is 5.00 Å². The molecule has 3 N–H and O–H groups in total. The summed E-state index contributed by atoms with van der Waals surface area (Å²) in [4.78, 5) is 25.6. The Kier molecular flexibility index (Phi) is 4.88. The van der Waals surface area contributed by atoms with E-state index in [0.717, 1.165) is 45.6 Å². The maximum Gasteiger partial charge on any atom is 0.291 e. The van der Waals surface area contributed by atoms with E-state index >= 15 is 0 Å². The fourth-order valence-electron chi connectivity index (χ4n) is 3.48. The topological polar surface area (TPSA) is 103 Å². The van der Waals surface area contributed by atoms with Gasteiger partial charge < -0.3 is 15.5 Å². The van der Waals surface area contributed by atoms with Gasteiger partial charge in [0.2, 0.25) is 0 Å². The number of rotatable bonds is 5. The Morgan fingerprint density at radius 1 is 1.36 bits per heavy atom. The quantitative estimate of drug-likeness (QED) is 0.601. The molecule has 0 spiro atoms. The van der Waals surface area contributed by atoms with Crippen LogP contribution in [-0.4, -0.2) is 21.6 Å². The van der Waals surface area contributed by atoms with Crippen molar-refractivity contribution < 1.29 is 14.0 Å². The molecule has 1 aliphatic carbocycles. The zero-order valence-electron chi connectivity index (χ0n) is 15.5. The van der Waals surface area contributed by atoms with Crippen LogP contribution in [0.5, 0.6) is 0 Å². The number of hydrogen-bond acceptors (Lipinski definition) is 5. The molecule has 0 unspecified atom stereocenters. The van der Waals surface area contributed by atoms with Gasteiger partial charge in [-0.15, -0.1) is 11.3 Å². The van der Waals surface area contributed by atoms with Gasteiger partial charge in [-0.2, -0.15) is 5.10 Å². The highest BCUT2D eigenvalue weighted by molar-refractivity contribution is 9.10.